The van der Waals surface area contributed by atoms with Gasteiger partial charge < -0.3 is 14.8 Å². The van der Waals surface area contributed by atoms with Gasteiger partial charge in [-0.25, -0.2) is 9.59 Å². The van der Waals surface area contributed by atoms with Crippen LogP contribution in [0.3, 0.4) is 0 Å². The monoisotopic (exact) mass is 409 g/mol. The number of benzene rings is 1. The molecule has 0 saturated heterocycles. The maximum absolute atomic E-state index is 12.2. The van der Waals surface area contributed by atoms with Crippen molar-refractivity contribution in [3.63, 3.8) is 0 Å². The number of carbonyl (C=O) groups excluding carboxylic acids is 3. The largest absolute Gasteiger partial charge is 0.462 e. The average molecular weight is 410 g/mol. The number of aryl methyl sites for hydroxylation is 1. The van der Waals surface area contributed by atoms with Crippen LogP contribution in [0.1, 0.15) is 45.0 Å². The second kappa shape index (κ2) is 9.53. The number of nitrogens with one attached hydrogen (secondary N) is 1. The standard InChI is InChI=1S/C19H20ClNO5S/c1-4-14-11(3)16(19(24)25-5-2)17(27-14)21-15(22)10-26-18(23)12-6-8-13(20)9-7-12/h6-9H,4-5,10H2,1-3H3,(H,21,22). The van der Waals surface area contributed by atoms with Gasteiger partial charge in [-0.2, -0.15) is 0 Å². The minimum Gasteiger partial charge on any atom is -0.462 e. The molecule has 0 saturated carbocycles. The first-order valence-corrected chi connectivity index (χ1v) is 9.58. The zero-order chi connectivity index (χ0) is 20.0. The van der Waals surface area contributed by atoms with Crippen molar-refractivity contribution in [3.8, 4) is 0 Å². The van der Waals surface area contributed by atoms with Gasteiger partial charge in [-0.3, -0.25) is 4.79 Å². The van der Waals surface area contributed by atoms with Gasteiger partial charge in [0.1, 0.15) is 5.00 Å². The highest BCUT2D eigenvalue weighted by Gasteiger charge is 2.23. The van der Waals surface area contributed by atoms with Crippen molar-refractivity contribution < 1.29 is 23.9 Å². The van der Waals surface area contributed by atoms with E-state index in [-0.39, 0.29) is 6.61 Å². The van der Waals surface area contributed by atoms with E-state index >= 15 is 0 Å². The lowest BCUT2D eigenvalue weighted by Gasteiger charge is -2.08. The zero-order valence-corrected chi connectivity index (χ0v) is 16.8. The number of hydrogen-bond donors (Lipinski definition) is 1. The molecule has 0 spiro atoms. The summed E-state index contributed by atoms with van der Waals surface area (Å²) in [7, 11) is 0. The lowest BCUT2D eigenvalue weighted by molar-refractivity contribution is -0.119. The molecular weight excluding hydrogens is 390 g/mol. The minimum absolute atomic E-state index is 0.238. The van der Waals surface area contributed by atoms with Crippen LogP contribution in [0.25, 0.3) is 0 Å². The molecule has 0 bridgehead atoms. The Morgan fingerprint density at radius 1 is 1.07 bits per heavy atom. The Labute approximate surface area is 166 Å². The normalized spacial score (nSPS) is 10.4. The number of rotatable bonds is 7. The number of anilines is 1. The van der Waals surface area contributed by atoms with Crippen LogP contribution in [-0.4, -0.2) is 31.1 Å². The molecule has 0 atom stereocenters. The van der Waals surface area contributed by atoms with E-state index in [0.29, 0.717) is 21.2 Å². The van der Waals surface area contributed by atoms with Gasteiger partial charge in [-0.1, -0.05) is 18.5 Å². The fourth-order valence-corrected chi connectivity index (χ4v) is 3.67. The van der Waals surface area contributed by atoms with Crippen molar-refractivity contribution in [3.05, 3.63) is 50.9 Å². The van der Waals surface area contributed by atoms with Crippen LogP contribution >= 0.6 is 22.9 Å². The van der Waals surface area contributed by atoms with Crippen LogP contribution in [0.4, 0.5) is 5.00 Å². The Kier molecular flexibility index (Phi) is 7.38. The molecule has 8 heteroatoms. The molecule has 2 rings (SSSR count). The van der Waals surface area contributed by atoms with Crippen LogP contribution in [0.5, 0.6) is 0 Å². The topological polar surface area (TPSA) is 81.7 Å². The van der Waals surface area contributed by atoms with Crippen molar-refractivity contribution >= 4 is 45.8 Å². The summed E-state index contributed by atoms with van der Waals surface area (Å²) in [6.45, 7) is 5.27. The van der Waals surface area contributed by atoms with E-state index in [1.807, 2.05) is 13.8 Å². The molecule has 2 aromatic rings. The van der Waals surface area contributed by atoms with E-state index in [0.717, 1.165) is 16.9 Å². The number of halogens is 1. The van der Waals surface area contributed by atoms with E-state index in [1.54, 1.807) is 19.1 Å². The van der Waals surface area contributed by atoms with Gasteiger partial charge in [0.2, 0.25) is 0 Å². The first-order chi connectivity index (χ1) is 12.9. The third-order valence-corrected chi connectivity index (χ3v) is 5.32. The summed E-state index contributed by atoms with van der Waals surface area (Å²) in [4.78, 5) is 37.3. The fraction of sp³-hybridized carbons (Fsp3) is 0.316. The van der Waals surface area contributed by atoms with Crippen molar-refractivity contribution in [1.82, 2.24) is 0 Å². The van der Waals surface area contributed by atoms with Gasteiger partial charge >= 0.3 is 11.9 Å². The summed E-state index contributed by atoms with van der Waals surface area (Å²) in [5.74, 6) is -1.66. The summed E-state index contributed by atoms with van der Waals surface area (Å²) in [5.41, 5.74) is 1.42. The van der Waals surface area contributed by atoms with E-state index in [9.17, 15) is 14.4 Å². The van der Waals surface area contributed by atoms with Crippen molar-refractivity contribution in [2.45, 2.75) is 27.2 Å². The number of esters is 2. The van der Waals surface area contributed by atoms with Gasteiger partial charge in [-0.05, 0) is 50.1 Å². The predicted octanol–water partition coefficient (Wildman–Crippen LogP) is 4.24. The highest BCUT2D eigenvalue weighted by atomic mass is 35.5. The fourth-order valence-electron chi connectivity index (χ4n) is 2.40. The number of ether oxygens (including phenoxy) is 2. The molecule has 144 valence electrons. The zero-order valence-electron chi connectivity index (χ0n) is 15.3. The molecular formula is C19H20ClNO5S. The number of thiophene rings is 1. The van der Waals surface area contributed by atoms with Gasteiger partial charge in [0.15, 0.2) is 6.61 Å². The molecule has 1 amide bonds. The predicted molar refractivity (Wildman–Crippen MR) is 105 cm³/mol. The molecule has 1 aromatic heterocycles. The quantitative estimate of drug-likeness (QED) is 0.691. The van der Waals surface area contributed by atoms with Crippen LogP contribution in [0.15, 0.2) is 24.3 Å². The molecule has 0 aliphatic heterocycles. The van der Waals surface area contributed by atoms with E-state index in [4.69, 9.17) is 21.1 Å². The second-order valence-electron chi connectivity index (χ2n) is 5.56. The Bertz CT molecular complexity index is 845. The van der Waals surface area contributed by atoms with Gasteiger partial charge in [0.25, 0.3) is 5.91 Å². The summed E-state index contributed by atoms with van der Waals surface area (Å²) in [5, 5.41) is 3.54. The summed E-state index contributed by atoms with van der Waals surface area (Å²) < 4.78 is 10.1. The van der Waals surface area contributed by atoms with Crippen LogP contribution in [0.2, 0.25) is 5.02 Å². The Morgan fingerprint density at radius 3 is 2.33 bits per heavy atom. The highest BCUT2D eigenvalue weighted by Crippen LogP contribution is 2.34. The lowest BCUT2D eigenvalue weighted by atomic mass is 10.1. The van der Waals surface area contributed by atoms with E-state index < -0.39 is 24.5 Å². The maximum Gasteiger partial charge on any atom is 0.341 e. The highest BCUT2D eigenvalue weighted by molar-refractivity contribution is 7.17. The van der Waals surface area contributed by atoms with Gasteiger partial charge in [0, 0.05) is 9.90 Å². The lowest BCUT2D eigenvalue weighted by Crippen LogP contribution is -2.21. The molecule has 6 nitrogen and oxygen atoms in total. The van der Waals surface area contributed by atoms with Crippen LogP contribution in [-0.2, 0) is 20.7 Å². The van der Waals surface area contributed by atoms with E-state index in [1.165, 1.54) is 23.5 Å². The first-order valence-electron chi connectivity index (χ1n) is 8.39. The Balaban J connectivity index is 2.05. The third-order valence-electron chi connectivity index (χ3n) is 3.71. The summed E-state index contributed by atoms with van der Waals surface area (Å²) >= 11 is 7.08. The number of carbonyl (C=O) groups is 3. The third kappa shape index (κ3) is 5.30. The number of hydrogen-bond acceptors (Lipinski definition) is 6. The molecule has 0 aliphatic rings. The van der Waals surface area contributed by atoms with Crippen molar-refractivity contribution in [2.24, 2.45) is 0 Å². The number of amides is 1. The molecule has 0 radical (unpaired) electrons. The second-order valence-corrected chi connectivity index (χ2v) is 7.10. The summed E-state index contributed by atoms with van der Waals surface area (Å²) in [6.07, 6.45) is 0.727. The van der Waals surface area contributed by atoms with Crippen LogP contribution < -0.4 is 5.32 Å². The molecule has 1 heterocycles. The van der Waals surface area contributed by atoms with Gasteiger partial charge in [-0.15, -0.1) is 11.3 Å². The summed E-state index contributed by atoms with van der Waals surface area (Å²) in [6, 6.07) is 6.14. The molecule has 0 unspecified atom stereocenters. The maximum atomic E-state index is 12.2. The molecule has 0 aliphatic carbocycles. The van der Waals surface area contributed by atoms with E-state index in [2.05, 4.69) is 5.32 Å². The smallest absolute Gasteiger partial charge is 0.341 e. The van der Waals surface area contributed by atoms with Crippen molar-refractivity contribution in [2.75, 3.05) is 18.5 Å². The van der Waals surface area contributed by atoms with Crippen molar-refractivity contribution in [1.29, 1.82) is 0 Å². The molecule has 0 fully saturated rings. The average Bonchev–Trinajstić information content (AvgIpc) is 2.95. The molecule has 27 heavy (non-hydrogen) atoms. The minimum atomic E-state index is -0.635. The van der Waals surface area contributed by atoms with Crippen LogP contribution in [0, 0.1) is 6.92 Å². The van der Waals surface area contributed by atoms with Gasteiger partial charge in [0.05, 0.1) is 17.7 Å². The Hall–Kier alpha value is -2.38. The SMILES string of the molecule is CCOC(=O)c1c(NC(=O)COC(=O)c2ccc(Cl)cc2)sc(CC)c1C. The molecule has 1 aromatic carbocycles. The Morgan fingerprint density at radius 2 is 1.74 bits per heavy atom. The first kappa shape index (κ1) is 20.9. The molecule has 1 N–H and O–H groups in total.